The Morgan fingerprint density at radius 2 is 1.71 bits per heavy atom. The molecule has 2 aromatic heterocycles. The summed E-state index contributed by atoms with van der Waals surface area (Å²) in [5.74, 6) is 2.72. The van der Waals surface area contributed by atoms with E-state index in [1.165, 1.54) is 62.7 Å². The maximum absolute atomic E-state index is 4.61. The second-order valence-electron chi connectivity index (χ2n) is 9.85. The number of aryl methyl sites for hydroxylation is 1. The van der Waals surface area contributed by atoms with Crippen LogP contribution in [0, 0.1) is 12.8 Å². The van der Waals surface area contributed by atoms with Crippen molar-refractivity contribution in [3.63, 3.8) is 0 Å². The van der Waals surface area contributed by atoms with E-state index in [1.54, 1.807) is 0 Å². The molecule has 6 heteroatoms. The van der Waals surface area contributed by atoms with Crippen LogP contribution in [-0.2, 0) is 0 Å². The fourth-order valence-corrected chi connectivity index (χ4v) is 6.32. The molecule has 35 heavy (non-hydrogen) atoms. The minimum absolute atomic E-state index is 0.681. The maximum atomic E-state index is 4.61. The highest BCUT2D eigenvalue weighted by molar-refractivity contribution is 8.00. The Morgan fingerprint density at radius 3 is 2.46 bits per heavy atom. The average molecular weight is 492 g/mol. The Labute approximate surface area is 215 Å². The summed E-state index contributed by atoms with van der Waals surface area (Å²) in [6, 6.07) is 16.5. The fraction of sp³-hybridized carbons (Fsp3) is 0.517. The summed E-state index contributed by atoms with van der Waals surface area (Å²) in [5, 5.41) is 14.9. The van der Waals surface area contributed by atoms with E-state index < -0.39 is 0 Å². The second kappa shape index (κ2) is 13.7. The lowest BCUT2D eigenvalue weighted by atomic mass is 9.86. The number of pyridine rings is 1. The quantitative estimate of drug-likeness (QED) is 0.315. The highest BCUT2D eigenvalue weighted by Crippen LogP contribution is 2.31. The second-order valence-corrected chi connectivity index (χ2v) is 11.2. The molecule has 5 nitrogen and oxygen atoms in total. The number of H-pyrrole nitrogens is 1. The number of piperidine rings is 1. The van der Waals surface area contributed by atoms with Crippen LogP contribution in [0.5, 0.6) is 0 Å². The number of hydrogen-bond acceptors (Lipinski definition) is 5. The van der Waals surface area contributed by atoms with E-state index in [0.717, 1.165) is 47.6 Å². The van der Waals surface area contributed by atoms with Gasteiger partial charge in [0.05, 0.1) is 5.69 Å². The van der Waals surface area contributed by atoms with E-state index in [4.69, 9.17) is 0 Å². The van der Waals surface area contributed by atoms with Crippen LogP contribution in [-0.4, -0.2) is 33.5 Å². The van der Waals surface area contributed by atoms with Crippen molar-refractivity contribution >= 4 is 23.4 Å². The minimum Gasteiger partial charge on any atom is -0.323 e. The zero-order chi connectivity index (χ0) is 24.3. The largest absolute Gasteiger partial charge is 0.323 e. The normalized spacial score (nSPS) is 17.0. The third-order valence-corrected chi connectivity index (χ3v) is 8.17. The third kappa shape index (κ3) is 8.39. The van der Waals surface area contributed by atoms with Gasteiger partial charge in [-0.05, 0) is 56.5 Å². The third-order valence-electron chi connectivity index (χ3n) is 6.86. The molecule has 1 aliphatic carbocycles. The monoisotopic (exact) mass is 491 g/mol. The van der Waals surface area contributed by atoms with Crippen molar-refractivity contribution in [2.75, 3.05) is 18.4 Å². The van der Waals surface area contributed by atoms with Crippen LogP contribution >= 0.6 is 11.8 Å². The molecule has 3 N–H and O–H groups in total. The van der Waals surface area contributed by atoms with Crippen molar-refractivity contribution < 1.29 is 0 Å². The topological polar surface area (TPSA) is 65.6 Å². The molecule has 1 aliphatic heterocycles. The summed E-state index contributed by atoms with van der Waals surface area (Å²) < 4.78 is 0. The van der Waals surface area contributed by atoms with Crippen LogP contribution in [0.1, 0.15) is 70.4 Å². The SMILES string of the molecule is CCCC1CCCCC1.Cc1cc(SC2CCNCC2)cc(Nc2cc(-c3ccccc3)[nH]n2)n1. The molecule has 1 saturated carbocycles. The molecular weight excluding hydrogens is 450 g/mol. The number of anilines is 2. The number of hydrogen-bond donors (Lipinski definition) is 3. The Hall–Kier alpha value is -2.31. The van der Waals surface area contributed by atoms with Crippen LogP contribution in [0.25, 0.3) is 11.3 Å². The first kappa shape index (κ1) is 25.8. The first-order chi connectivity index (χ1) is 17.2. The molecule has 5 rings (SSSR count). The molecule has 188 valence electrons. The lowest BCUT2D eigenvalue weighted by Crippen LogP contribution is -2.29. The van der Waals surface area contributed by atoms with Gasteiger partial charge in [0.1, 0.15) is 5.82 Å². The van der Waals surface area contributed by atoms with Crippen molar-refractivity contribution in [2.45, 2.75) is 81.8 Å². The van der Waals surface area contributed by atoms with Crippen molar-refractivity contribution in [2.24, 2.45) is 5.92 Å². The van der Waals surface area contributed by atoms with Gasteiger partial charge < -0.3 is 10.6 Å². The first-order valence-electron chi connectivity index (χ1n) is 13.4. The Morgan fingerprint density at radius 1 is 0.943 bits per heavy atom. The molecule has 2 fully saturated rings. The van der Waals surface area contributed by atoms with Crippen LogP contribution in [0.15, 0.2) is 53.4 Å². The summed E-state index contributed by atoms with van der Waals surface area (Å²) in [6.07, 6.45) is 12.9. The molecule has 3 heterocycles. The number of thioether (sulfide) groups is 1. The molecule has 3 aromatic rings. The molecule has 0 spiro atoms. The van der Waals surface area contributed by atoms with E-state index in [-0.39, 0.29) is 0 Å². The summed E-state index contributed by atoms with van der Waals surface area (Å²) in [5.41, 5.74) is 3.13. The fourth-order valence-electron chi connectivity index (χ4n) is 5.04. The maximum Gasteiger partial charge on any atom is 0.153 e. The van der Waals surface area contributed by atoms with Gasteiger partial charge in [0.15, 0.2) is 5.82 Å². The van der Waals surface area contributed by atoms with Crippen molar-refractivity contribution in [1.29, 1.82) is 0 Å². The molecule has 1 aromatic carbocycles. The van der Waals surface area contributed by atoms with E-state index in [2.05, 4.69) is 57.0 Å². The first-order valence-corrected chi connectivity index (χ1v) is 14.3. The summed E-state index contributed by atoms with van der Waals surface area (Å²) in [7, 11) is 0. The lowest BCUT2D eigenvalue weighted by molar-refractivity contribution is 0.336. The van der Waals surface area contributed by atoms with Gasteiger partial charge in [0.2, 0.25) is 0 Å². The molecule has 1 saturated heterocycles. The summed E-state index contributed by atoms with van der Waals surface area (Å²) >= 11 is 1.96. The standard InChI is InChI=1S/C20H23N5S.C9H18/c1-14-11-17(26-16-7-9-21-10-8-16)12-19(22-14)23-20-13-18(24-25-20)15-5-3-2-4-6-15;1-2-6-9-7-4-3-5-8-9/h2-6,11-13,16,21H,7-10H2,1H3,(H2,22,23,24,25);9H,2-8H2,1H3. The molecule has 0 bridgehead atoms. The lowest BCUT2D eigenvalue weighted by Gasteiger charge is -2.22. The zero-order valence-corrected chi connectivity index (χ0v) is 22.2. The number of aromatic nitrogens is 3. The average Bonchev–Trinajstić information content (AvgIpc) is 3.35. The number of nitrogens with one attached hydrogen (secondary N) is 3. The highest BCUT2D eigenvalue weighted by atomic mass is 32.2. The van der Waals surface area contributed by atoms with E-state index in [0.29, 0.717) is 5.25 Å². The van der Waals surface area contributed by atoms with Crippen LogP contribution in [0.2, 0.25) is 0 Å². The molecule has 0 amide bonds. The van der Waals surface area contributed by atoms with Gasteiger partial charge in [-0.1, -0.05) is 82.2 Å². The Bertz CT molecular complexity index is 1000. The number of nitrogens with zero attached hydrogens (tertiary/aromatic N) is 2. The van der Waals surface area contributed by atoms with Gasteiger partial charge in [-0.15, -0.1) is 11.8 Å². The van der Waals surface area contributed by atoms with E-state index in [9.17, 15) is 0 Å². The van der Waals surface area contributed by atoms with Gasteiger partial charge in [-0.3, -0.25) is 5.10 Å². The highest BCUT2D eigenvalue weighted by Gasteiger charge is 2.15. The van der Waals surface area contributed by atoms with Gasteiger partial charge in [0.25, 0.3) is 0 Å². The van der Waals surface area contributed by atoms with Crippen LogP contribution < -0.4 is 10.6 Å². The molecule has 0 unspecified atom stereocenters. The summed E-state index contributed by atoms with van der Waals surface area (Å²) in [4.78, 5) is 5.88. The van der Waals surface area contributed by atoms with Gasteiger partial charge in [0, 0.05) is 21.9 Å². The van der Waals surface area contributed by atoms with E-state index >= 15 is 0 Å². The number of aromatic amines is 1. The van der Waals surface area contributed by atoms with Gasteiger partial charge >= 0.3 is 0 Å². The molecule has 0 radical (unpaired) electrons. The Balaban J connectivity index is 0.000000271. The predicted molar refractivity (Wildman–Crippen MR) is 150 cm³/mol. The van der Waals surface area contributed by atoms with E-state index in [1.807, 2.05) is 43.0 Å². The van der Waals surface area contributed by atoms with Crippen molar-refractivity contribution in [3.05, 3.63) is 54.2 Å². The minimum atomic E-state index is 0.681. The molecular formula is C29H41N5S. The number of rotatable bonds is 7. The summed E-state index contributed by atoms with van der Waals surface area (Å²) in [6.45, 7) is 6.57. The van der Waals surface area contributed by atoms with Crippen LogP contribution in [0.3, 0.4) is 0 Å². The van der Waals surface area contributed by atoms with Crippen molar-refractivity contribution in [1.82, 2.24) is 20.5 Å². The van der Waals surface area contributed by atoms with Gasteiger partial charge in [-0.2, -0.15) is 5.10 Å². The van der Waals surface area contributed by atoms with Gasteiger partial charge in [-0.25, -0.2) is 4.98 Å². The zero-order valence-electron chi connectivity index (χ0n) is 21.4. The molecule has 0 atom stereocenters. The predicted octanol–water partition coefficient (Wildman–Crippen LogP) is 7.73. The van der Waals surface area contributed by atoms with Crippen molar-refractivity contribution in [3.8, 4) is 11.3 Å². The number of benzene rings is 1. The van der Waals surface area contributed by atoms with Crippen LogP contribution in [0.4, 0.5) is 11.6 Å². The molecule has 2 aliphatic rings. The Kier molecular flexibility index (Phi) is 10.1. The smallest absolute Gasteiger partial charge is 0.153 e.